The molecule has 3 rings (SSSR count). The molecule has 7 nitrogen and oxygen atoms in total. The molecule has 2 aromatic rings. The number of esters is 1. The largest absolute Gasteiger partial charge is 0.468 e. The van der Waals surface area contributed by atoms with Gasteiger partial charge in [0, 0.05) is 17.0 Å². The summed E-state index contributed by atoms with van der Waals surface area (Å²) in [7, 11) is 1.26. The first-order chi connectivity index (χ1) is 9.67. The minimum Gasteiger partial charge on any atom is -0.468 e. The average Bonchev–Trinajstić information content (AvgIpc) is 3.06. The van der Waals surface area contributed by atoms with Crippen molar-refractivity contribution in [1.82, 2.24) is 10.3 Å². The third-order valence-electron chi connectivity index (χ3n) is 2.98. The molecule has 2 heterocycles. The molecule has 0 atom stereocenters. The highest BCUT2D eigenvalue weighted by molar-refractivity contribution is 5.99. The molecule has 7 heteroatoms. The van der Waals surface area contributed by atoms with Gasteiger partial charge in [0.25, 0.3) is 5.91 Å². The van der Waals surface area contributed by atoms with E-state index in [2.05, 4.69) is 15.0 Å². The van der Waals surface area contributed by atoms with Gasteiger partial charge in [0.15, 0.2) is 11.5 Å². The highest BCUT2D eigenvalue weighted by Gasteiger charge is 2.17. The number of carbonyl (C=O) groups is 2. The van der Waals surface area contributed by atoms with Crippen LogP contribution in [-0.4, -0.2) is 37.3 Å². The van der Waals surface area contributed by atoms with Crippen LogP contribution in [0.15, 0.2) is 18.2 Å². The monoisotopic (exact) mass is 276 g/mol. The molecule has 0 spiro atoms. The van der Waals surface area contributed by atoms with Crippen molar-refractivity contribution in [3.05, 3.63) is 23.9 Å². The van der Waals surface area contributed by atoms with Crippen molar-refractivity contribution in [2.75, 3.05) is 20.4 Å². The van der Waals surface area contributed by atoms with Crippen molar-refractivity contribution < 1.29 is 23.8 Å². The van der Waals surface area contributed by atoms with Crippen molar-refractivity contribution in [2.45, 2.75) is 0 Å². The molecule has 0 fully saturated rings. The lowest BCUT2D eigenvalue weighted by Gasteiger charge is -2.01. The maximum Gasteiger partial charge on any atom is 0.325 e. The summed E-state index contributed by atoms with van der Waals surface area (Å²) in [5.41, 5.74) is 1.12. The molecular formula is C13H12N2O5. The number of H-pyrrole nitrogens is 1. The highest BCUT2D eigenvalue weighted by Crippen LogP contribution is 2.36. The van der Waals surface area contributed by atoms with E-state index in [0.29, 0.717) is 17.2 Å². The number of benzene rings is 1. The van der Waals surface area contributed by atoms with Crippen LogP contribution in [-0.2, 0) is 9.53 Å². The first kappa shape index (κ1) is 12.3. The van der Waals surface area contributed by atoms with Gasteiger partial charge in [-0.25, -0.2) is 0 Å². The molecule has 1 aromatic carbocycles. The van der Waals surface area contributed by atoms with E-state index in [-0.39, 0.29) is 19.2 Å². The van der Waals surface area contributed by atoms with Crippen molar-refractivity contribution in [3.8, 4) is 11.5 Å². The summed E-state index contributed by atoms with van der Waals surface area (Å²) >= 11 is 0. The third-order valence-corrected chi connectivity index (χ3v) is 2.98. The van der Waals surface area contributed by atoms with Gasteiger partial charge in [-0.3, -0.25) is 9.59 Å². The second-order valence-corrected chi connectivity index (χ2v) is 4.23. The molecule has 1 aromatic heterocycles. The van der Waals surface area contributed by atoms with Crippen molar-refractivity contribution in [1.29, 1.82) is 0 Å². The predicted molar refractivity (Wildman–Crippen MR) is 68.8 cm³/mol. The van der Waals surface area contributed by atoms with E-state index in [9.17, 15) is 9.59 Å². The van der Waals surface area contributed by atoms with Gasteiger partial charge in [0.05, 0.1) is 7.11 Å². The summed E-state index contributed by atoms with van der Waals surface area (Å²) in [5, 5.41) is 3.29. The average molecular weight is 276 g/mol. The standard InChI is InChI=1S/C13H12N2O5/c1-18-12(16)5-14-13(17)9-2-7-3-10-11(20-6-19-10)4-8(7)15-9/h2-4,15H,5-6H2,1H3,(H,14,17). The van der Waals surface area contributed by atoms with Crippen molar-refractivity contribution in [2.24, 2.45) is 0 Å². The Morgan fingerprint density at radius 1 is 1.30 bits per heavy atom. The van der Waals surface area contributed by atoms with Crippen LogP contribution in [0, 0.1) is 0 Å². The molecule has 0 aliphatic carbocycles. The van der Waals surface area contributed by atoms with Crippen LogP contribution in [0.4, 0.5) is 0 Å². The van der Waals surface area contributed by atoms with E-state index in [4.69, 9.17) is 9.47 Å². The molecule has 1 aliphatic heterocycles. The van der Waals surface area contributed by atoms with Gasteiger partial charge in [-0.05, 0) is 12.1 Å². The Kier molecular flexibility index (Phi) is 2.94. The first-order valence-electron chi connectivity index (χ1n) is 5.95. The van der Waals surface area contributed by atoms with Crippen LogP contribution in [0.3, 0.4) is 0 Å². The topological polar surface area (TPSA) is 89.7 Å². The van der Waals surface area contributed by atoms with Gasteiger partial charge in [0.2, 0.25) is 6.79 Å². The Morgan fingerprint density at radius 3 is 2.80 bits per heavy atom. The Morgan fingerprint density at radius 2 is 2.05 bits per heavy atom. The Hall–Kier alpha value is -2.70. The quantitative estimate of drug-likeness (QED) is 0.809. The zero-order valence-corrected chi connectivity index (χ0v) is 10.7. The van der Waals surface area contributed by atoms with Crippen LogP contribution in [0.2, 0.25) is 0 Å². The smallest absolute Gasteiger partial charge is 0.325 e. The van der Waals surface area contributed by atoms with Crippen molar-refractivity contribution >= 4 is 22.8 Å². The predicted octanol–water partition coefficient (Wildman–Crippen LogP) is 0.799. The molecule has 2 N–H and O–H groups in total. The van der Waals surface area contributed by atoms with Crippen molar-refractivity contribution in [3.63, 3.8) is 0 Å². The van der Waals surface area contributed by atoms with E-state index in [1.807, 2.05) is 0 Å². The minimum atomic E-state index is -0.504. The summed E-state index contributed by atoms with van der Waals surface area (Å²) < 4.78 is 15.0. The fourth-order valence-corrected chi connectivity index (χ4v) is 1.96. The second-order valence-electron chi connectivity index (χ2n) is 4.23. The number of amides is 1. The lowest BCUT2D eigenvalue weighted by atomic mass is 10.2. The number of aromatic nitrogens is 1. The molecule has 20 heavy (non-hydrogen) atoms. The normalized spacial score (nSPS) is 12.4. The summed E-state index contributed by atoms with van der Waals surface area (Å²) in [6.45, 7) is 0.0296. The van der Waals surface area contributed by atoms with Gasteiger partial charge < -0.3 is 24.5 Å². The fraction of sp³-hybridized carbons (Fsp3) is 0.231. The lowest BCUT2D eigenvalue weighted by molar-refractivity contribution is -0.139. The SMILES string of the molecule is COC(=O)CNC(=O)c1cc2cc3c(cc2[nH]1)OCO3. The number of fused-ring (bicyclic) bond motifs is 2. The van der Waals surface area contributed by atoms with Crippen LogP contribution >= 0.6 is 0 Å². The van der Waals surface area contributed by atoms with E-state index in [1.165, 1.54) is 7.11 Å². The van der Waals surface area contributed by atoms with Gasteiger partial charge in [-0.2, -0.15) is 0 Å². The lowest BCUT2D eigenvalue weighted by Crippen LogP contribution is -2.30. The zero-order valence-electron chi connectivity index (χ0n) is 10.7. The molecule has 0 unspecified atom stereocenters. The van der Waals surface area contributed by atoms with Crippen LogP contribution < -0.4 is 14.8 Å². The summed E-state index contributed by atoms with van der Waals surface area (Å²) in [4.78, 5) is 25.8. The number of hydrogen-bond donors (Lipinski definition) is 2. The van der Waals surface area contributed by atoms with E-state index >= 15 is 0 Å². The molecule has 1 amide bonds. The Balaban J connectivity index is 1.82. The first-order valence-corrected chi connectivity index (χ1v) is 5.95. The molecular weight excluding hydrogens is 264 g/mol. The van der Waals surface area contributed by atoms with Gasteiger partial charge in [-0.15, -0.1) is 0 Å². The van der Waals surface area contributed by atoms with Gasteiger partial charge >= 0.3 is 5.97 Å². The van der Waals surface area contributed by atoms with E-state index < -0.39 is 5.97 Å². The van der Waals surface area contributed by atoms with Crippen LogP contribution in [0.25, 0.3) is 10.9 Å². The number of hydrogen-bond acceptors (Lipinski definition) is 5. The maximum absolute atomic E-state index is 11.9. The van der Waals surface area contributed by atoms with Gasteiger partial charge in [0.1, 0.15) is 12.2 Å². The number of carbonyl (C=O) groups excluding carboxylic acids is 2. The molecule has 104 valence electrons. The Labute approximate surface area is 113 Å². The third kappa shape index (κ3) is 2.13. The summed E-state index contributed by atoms with van der Waals surface area (Å²) in [5.74, 6) is 0.405. The minimum absolute atomic E-state index is 0.173. The molecule has 0 saturated carbocycles. The summed E-state index contributed by atoms with van der Waals surface area (Å²) in [6.07, 6.45) is 0. The zero-order chi connectivity index (χ0) is 14.1. The van der Waals surface area contributed by atoms with Crippen LogP contribution in [0.1, 0.15) is 10.5 Å². The van der Waals surface area contributed by atoms with Crippen LogP contribution in [0.5, 0.6) is 11.5 Å². The van der Waals surface area contributed by atoms with E-state index in [0.717, 1.165) is 10.9 Å². The molecule has 1 aliphatic rings. The molecule has 0 radical (unpaired) electrons. The molecule has 0 bridgehead atoms. The van der Waals surface area contributed by atoms with E-state index in [1.54, 1.807) is 18.2 Å². The number of nitrogens with one attached hydrogen (secondary N) is 2. The van der Waals surface area contributed by atoms with Gasteiger partial charge in [-0.1, -0.05) is 0 Å². The number of rotatable bonds is 3. The second kappa shape index (κ2) is 4.76. The number of ether oxygens (including phenoxy) is 3. The Bertz CT molecular complexity index is 650. The summed E-state index contributed by atoms with van der Waals surface area (Å²) in [6, 6.07) is 5.25. The fourth-order valence-electron chi connectivity index (χ4n) is 1.96. The number of aromatic amines is 1. The highest BCUT2D eigenvalue weighted by atomic mass is 16.7. The maximum atomic E-state index is 11.9. The number of methoxy groups -OCH3 is 1. The molecule has 0 saturated heterocycles.